The molecule has 11 heavy (non-hydrogen) atoms. The van der Waals surface area contributed by atoms with Gasteiger partial charge in [-0.1, -0.05) is 0 Å². The van der Waals surface area contributed by atoms with E-state index < -0.39 is 11.5 Å². The van der Waals surface area contributed by atoms with Crippen molar-refractivity contribution in [1.82, 2.24) is 4.98 Å². The number of carboxylic acids is 1. The second-order valence-electron chi connectivity index (χ2n) is 1.72. The molecule has 0 saturated heterocycles. The summed E-state index contributed by atoms with van der Waals surface area (Å²) in [5.41, 5.74) is -0.808. The molecule has 52 valence electrons. The largest absolute Gasteiger partial charge is 2.00 e. The number of H-pyrrole nitrogens is 1. The molecule has 0 aromatic carbocycles. The number of pyridine rings is 1. The average molecular weight is 276 g/mol. The molecule has 5 heteroatoms. The van der Waals surface area contributed by atoms with Gasteiger partial charge in [0.15, 0.2) is 0 Å². The molecule has 0 radical (unpaired) electrons. The maximum atomic E-state index is 10.6. The van der Waals surface area contributed by atoms with E-state index in [9.17, 15) is 9.59 Å². The van der Waals surface area contributed by atoms with Gasteiger partial charge >= 0.3 is 54.9 Å². The summed E-state index contributed by atoms with van der Waals surface area (Å²) in [5, 5.41) is 8.35. The van der Waals surface area contributed by atoms with Gasteiger partial charge in [-0.15, -0.1) is 0 Å². The van der Waals surface area contributed by atoms with E-state index in [-0.39, 0.29) is 54.4 Å². The number of hydrogen-bond donors (Lipinski definition) is 2. The van der Waals surface area contributed by atoms with Crippen LogP contribution in [-0.2, 0) is 0 Å². The summed E-state index contributed by atoms with van der Waals surface area (Å²) in [4.78, 5) is 23.1. The van der Waals surface area contributed by atoms with Gasteiger partial charge in [0.05, 0.1) is 0 Å². The van der Waals surface area contributed by atoms with Crippen LogP contribution in [0.3, 0.4) is 0 Å². The monoisotopic (exact) mass is 277 g/mol. The summed E-state index contributed by atoms with van der Waals surface area (Å²) >= 11 is 0. The summed E-state index contributed by atoms with van der Waals surface area (Å²) in [6.07, 6.45) is 1.38. The summed E-state index contributed by atoms with van der Waals surface area (Å²) in [6, 6.07) is 2.71. The molecule has 1 heterocycles. The fraction of sp³-hybridized carbons (Fsp3) is 0. The molecule has 0 amide bonds. The van der Waals surface area contributed by atoms with Gasteiger partial charge in [0, 0.05) is 6.20 Å². The van der Waals surface area contributed by atoms with E-state index in [4.69, 9.17) is 5.11 Å². The Bertz CT molecular complexity index is 307. The number of hydrogen-bond acceptors (Lipinski definition) is 2. The Morgan fingerprint density at radius 3 is 2.55 bits per heavy atom. The van der Waals surface area contributed by atoms with Gasteiger partial charge < -0.3 is 10.1 Å². The van der Waals surface area contributed by atoms with Crippen molar-refractivity contribution in [3.8, 4) is 0 Å². The molecule has 1 aromatic heterocycles. The molecule has 0 aliphatic carbocycles. The van der Waals surface area contributed by atoms with E-state index in [0.29, 0.717) is 0 Å². The Balaban J connectivity index is 0.000001000. The third-order valence-electron chi connectivity index (χ3n) is 1.05. The minimum Gasteiger partial charge on any atom is -0.477 e. The molecule has 0 atom stereocenters. The summed E-state index contributed by atoms with van der Waals surface area (Å²) in [6.45, 7) is 0. The minimum atomic E-state index is -1.21. The topological polar surface area (TPSA) is 70.2 Å². The first kappa shape index (κ1) is 11.0. The predicted octanol–water partition coefficient (Wildman–Crippen LogP) is -0.308. The maximum absolute atomic E-state index is 10.6. The van der Waals surface area contributed by atoms with Crippen LogP contribution in [0.2, 0.25) is 0 Å². The van der Waals surface area contributed by atoms with Crippen LogP contribution in [0.25, 0.3) is 0 Å². The van der Waals surface area contributed by atoms with Gasteiger partial charge in [0.1, 0.15) is 5.56 Å². The van der Waals surface area contributed by atoms with Crippen molar-refractivity contribution in [3.63, 3.8) is 0 Å². The zero-order valence-corrected chi connectivity index (χ0v) is 10.1. The van der Waals surface area contributed by atoms with E-state index in [2.05, 4.69) is 4.98 Å². The van der Waals surface area contributed by atoms with Crippen molar-refractivity contribution in [2.24, 2.45) is 0 Å². The molecule has 0 aliphatic heterocycles. The van der Waals surface area contributed by atoms with Crippen molar-refractivity contribution in [1.29, 1.82) is 0 Å². The van der Waals surface area contributed by atoms with E-state index in [1.54, 1.807) is 0 Å². The average Bonchev–Trinajstić information content (AvgIpc) is 1.88. The van der Waals surface area contributed by atoms with Crippen molar-refractivity contribution in [2.75, 3.05) is 0 Å². The van der Waals surface area contributed by atoms with Crippen LogP contribution in [-0.4, -0.2) is 64.9 Å². The number of carbonyl (C=O) groups is 1. The van der Waals surface area contributed by atoms with Crippen LogP contribution >= 0.6 is 0 Å². The van der Waals surface area contributed by atoms with Crippen LogP contribution in [0.15, 0.2) is 23.1 Å². The molecular formula is C6H5BaNO3+2. The van der Waals surface area contributed by atoms with Gasteiger partial charge in [0.25, 0.3) is 5.56 Å². The number of aromatic nitrogens is 1. The smallest absolute Gasteiger partial charge is 0.477 e. The first-order valence-corrected chi connectivity index (χ1v) is 2.63. The first-order valence-electron chi connectivity index (χ1n) is 2.63. The third kappa shape index (κ3) is 2.84. The Morgan fingerprint density at radius 2 is 2.18 bits per heavy atom. The molecule has 2 N–H and O–H groups in total. The van der Waals surface area contributed by atoms with Crippen molar-refractivity contribution in [2.45, 2.75) is 0 Å². The van der Waals surface area contributed by atoms with Crippen LogP contribution < -0.4 is 5.56 Å². The van der Waals surface area contributed by atoms with Gasteiger partial charge in [-0.3, -0.25) is 4.79 Å². The predicted molar refractivity (Wildman–Crippen MR) is 39.8 cm³/mol. The number of aromatic carboxylic acids is 1. The Hall–Kier alpha value is -0.00857. The normalized spacial score (nSPS) is 8.36. The minimum absolute atomic E-state index is 0. The SMILES string of the molecule is O=C(O)c1ccc[nH]c1=O.[Ba+2]. The molecule has 0 bridgehead atoms. The summed E-state index contributed by atoms with van der Waals surface area (Å²) in [7, 11) is 0. The first-order chi connectivity index (χ1) is 4.72. The van der Waals surface area contributed by atoms with E-state index in [1.807, 2.05) is 0 Å². The zero-order chi connectivity index (χ0) is 7.56. The third-order valence-corrected chi connectivity index (χ3v) is 1.05. The van der Waals surface area contributed by atoms with E-state index in [1.165, 1.54) is 18.3 Å². The second-order valence-corrected chi connectivity index (χ2v) is 1.72. The van der Waals surface area contributed by atoms with Crippen LogP contribution in [0.1, 0.15) is 10.4 Å². The van der Waals surface area contributed by atoms with E-state index in [0.717, 1.165) is 0 Å². The zero-order valence-electron chi connectivity index (χ0n) is 5.70. The fourth-order valence-corrected chi connectivity index (χ4v) is 0.590. The molecule has 1 rings (SSSR count). The Labute approximate surface area is 103 Å². The maximum Gasteiger partial charge on any atom is 2.00 e. The molecule has 0 aliphatic rings. The van der Waals surface area contributed by atoms with Gasteiger partial charge in [-0.05, 0) is 12.1 Å². The molecule has 0 unspecified atom stereocenters. The van der Waals surface area contributed by atoms with Crippen molar-refractivity contribution >= 4 is 54.9 Å². The number of nitrogens with one attached hydrogen (secondary N) is 1. The van der Waals surface area contributed by atoms with Crippen LogP contribution in [0.5, 0.6) is 0 Å². The van der Waals surface area contributed by atoms with Gasteiger partial charge in [-0.25, -0.2) is 4.79 Å². The number of carboxylic acid groups (broad SMARTS) is 1. The van der Waals surface area contributed by atoms with Gasteiger partial charge in [0.2, 0.25) is 0 Å². The van der Waals surface area contributed by atoms with Gasteiger partial charge in [-0.2, -0.15) is 0 Å². The molecule has 0 saturated carbocycles. The Morgan fingerprint density at radius 1 is 1.55 bits per heavy atom. The van der Waals surface area contributed by atoms with Crippen molar-refractivity contribution in [3.05, 3.63) is 34.2 Å². The van der Waals surface area contributed by atoms with Crippen LogP contribution in [0.4, 0.5) is 0 Å². The Kier molecular flexibility index (Phi) is 4.78. The standard InChI is InChI=1S/C6H5NO3.Ba/c8-5-4(6(9)10)2-1-3-7-5;/h1-3H,(H,7,8)(H,9,10);/q;+2. The molecule has 0 spiro atoms. The number of rotatable bonds is 1. The van der Waals surface area contributed by atoms with Crippen LogP contribution in [0, 0.1) is 0 Å². The number of aromatic amines is 1. The fourth-order valence-electron chi connectivity index (χ4n) is 0.590. The molecule has 0 fully saturated rings. The molecular weight excluding hydrogens is 271 g/mol. The van der Waals surface area contributed by atoms with Crippen molar-refractivity contribution < 1.29 is 9.90 Å². The molecule has 1 aromatic rings. The quantitative estimate of drug-likeness (QED) is 0.692. The van der Waals surface area contributed by atoms with E-state index >= 15 is 0 Å². The second kappa shape index (κ2) is 4.79. The summed E-state index contributed by atoms with van der Waals surface area (Å²) < 4.78 is 0. The molecule has 4 nitrogen and oxygen atoms in total. The summed E-state index contributed by atoms with van der Waals surface area (Å²) in [5.74, 6) is -1.21.